The Morgan fingerprint density at radius 3 is 2.95 bits per heavy atom. The van der Waals surface area contributed by atoms with Crippen LogP contribution in [0, 0.1) is 6.92 Å². The van der Waals surface area contributed by atoms with Gasteiger partial charge in [0.15, 0.2) is 5.13 Å². The van der Waals surface area contributed by atoms with Crippen LogP contribution in [0.5, 0.6) is 0 Å². The summed E-state index contributed by atoms with van der Waals surface area (Å²) in [4.78, 5) is 20.5. The van der Waals surface area contributed by atoms with Crippen LogP contribution in [0.25, 0.3) is 10.2 Å². The number of carbonyl (C=O) groups excluding carboxylic acids is 1. The fraction of sp³-hybridized carbons (Fsp3) is 0.133. The second kappa shape index (κ2) is 5.49. The van der Waals surface area contributed by atoms with Gasteiger partial charge in [0.2, 0.25) is 5.91 Å². The van der Waals surface area contributed by atoms with Crippen LogP contribution < -0.4 is 11.1 Å². The number of benzene rings is 1. The normalized spacial score (nSPS) is 10.7. The number of anilines is 2. The summed E-state index contributed by atoms with van der Waals surface area (Å²) in [6, 6.07) is 9.50. The van der Waals surface area contributed by atoms with Crippen LogP contribution in [-0.4, -0.2) is 15.9 Å². The van der Waals surface area contributed by atoms with E-state index in [9.17, 15) is 4.79 Å². The highest BCUT2D eigenvalue weighted by Gasteiger charge is 2.09. The predicted octanol–water partition coefficient (Wildman–Crippen LogP) is 2.76. The average Bonchev–Trinajstić information content (AvgIpc) is 2.82. The van der Waals surface area contributed by atoms with E-state index in [4.69, 9.17) is 5.73 Å². The van der Waals surface area contributed by atoms with Crippen LogP contribution in [0.15, 0.2) is 36.5 Å². The quantitative estimate of drug-likeness (QED) is 0.779. The van der Waals surface area contributed by atoms with E-state index in [-0.39, 0.29) is 12.3 Å². The van der Waals surface area contributed by atoms with Crippen LogP contribution in [0.3, 0.4) is 0 Å². The summed E-state index contributed by atoms with van der Waals surface area (Å²) < 4.78 is 1.07. The maximum absolute atomic E-state index is 12.0. The van der Waals surface area contributed by atoms with Gasteiger partial charge >= 0.3 is 0 Å². The molecule has 0 aliphatic heterocycles. The Labute approximate surface area is 125 Å². The minimum absolute atomic E-state index is 0.136. The number of nitrogens with two attached hydrogens (primary N) is 1. The van der Waals surface area contributed by atoms with Gasteiger partial charge in [-0.2, -0.15) is 0 Å². The molecule has 0 spiro atoms. The molecule has 0 saturated heterocycles. The Hall–Kier alpha value is -2.47. The first-order chi connectivity index (χ1) is 10.1. The van der Waals surface area contributed by atoms with Crippen LogP contribution >= 0.6 is 11.3 Å². The second-order valence-electron chi connectivity index (χ2n) is 4.80. The smallest absolute Gasteiger partial charge is 0.232 e. The van der Waals surface area contributed by atoms with E-state index >= 15 is 0 Å². The van der Waals surface area contributed by atoms with Gasteiger partial charge in [-0.3, -0.25) is 9.78 Å². The summed E-state index contributed by atoms with van der Waals surface area (Å²) in [5.74, 6) is -0.136. The summed E-state index contributed by atoms with van der Waals surface area (Å²) in [5, 5.41) is 3.42. The molecule has 1 aromatic carbocycles. The molecule has 106 valence electrons. The lowest BCUT2D eigenvalue weighted by atomic mass is 10.2. The fourth-order valence-electron chi connectivity index (χ4n) is 1.95. The van der Waals surface area contributed by atoms with Crippen molar-refractivity contribution >= 4 is 38.3 Å². The molecule has 0 atom stereocenters. The highest BCUT2D eigenvalue weighted by Crippen LogP contribution is 2.26. The Balaban J connectivity index is 1.72. The van der Waals surface area contributed by atoms with Crippen LogP contribution in [0.2, 0.25) is 0 Å². The van der Waals surface area contributed by atoms with Crippen molar-refractivity contribution in [2.45, 2.75) is 13.3 Å². The summed E-state index contributed by atoms with van der Waals surface area (Å²) in [6.45, 7) is 2.03. The minimum Gasteiger partial charge on any atom is -0.397 e. The van der Waals surface area contributed by atoms with Gasteiger partial charge < -0.3 is 11.1 Å². The molecule has 6 heteroatoms. The van der Waals surface area contributed by atoms with Gasteiger partial charge in [0.1, 0.15) is 0 Å². The highest BCUT2D eigenvalue weighted by atomic mass is 32.1. The first-order valence-electron chi connectivity index (χ1n) is 6.47. The summed E-state index contributed by atoms with van der Waals surface area (Å²) in [7, 11) is 0. The van der Waals surface area contributed by atoms with Crippen molar-refractivity contribution in [2.24, 2.45) is 0 Å². The zero-order chi connectivity index (χ0) is 14.8. The van der Waals surface area contributed by atoms with Crippen molar-refractivity contribution in [3.05, 3.63) is 47.8 Å². The fourth-order valence-corrected chi connectivity index (χ4v) is 2.93. The number of nitrogens with zero attached hydrogens (tertiary/aromatic N) is 2. The molecule has 3 aromatic rings. The van der Waals surface area contributed by atoms with Gasteiger partial charge in [0.25, 0.3) is 0 Å². The van der Waals surface area contributed by atoms with E-state index in [1.54, 1.807) is 18.3 Å². The molecule has 0 unspecified atom stereocenters. The van der Waals surface area contributed by atoms with Gasteiger partial charge in [-0.25, -0.2) is 4.98 Å². The molecule has 0 aliphatic carbocycles. The van der Waals surface area contributed by atoms with Crippen molar-refractivity contribution in [2.75, 3.05) is 11.1 Å². The average molecular weight is 298 g/mol. The number of nitrogens with one attached hydrogen (secondary N) is 1. The zero-order valence-corrected chi connectivity index (χ0v) is 12.3. The number of hydrogen-bond acceptors (Lipinski definition) is 5. The van der Waals surface area contributed by atoms with Gasteiger partial charge in [0, 0.05) is 5.69 Å². The van der Waals surface area contributed by atoms with E-state index in [2.05, 4.69) is 21.4 Å². The van der Waals surface area contributed by atoms with Crippen LogP contribution in [-0.2, 0) is 11.2 Å². The third-order valence-electron chi connectivity index (χ3n) is 2.98. The Kier molecular flexibility index (Phi) is 3.53. The molecule has 0 aliphatic rings. The minimum atomic E-state index is -0.136. The number of hydrogen-bond donors (Lipinski definition) is 2. The molecular weight excluding hydrogens is 284 g/mol. The largest absolute Gasteiger partial charge is 0.397 e. The van der Waals surface area contributed by atoms with Gasteiger partial charge in [-0.1, -0.05) is 17.4 Å². The molecule has 0 saturated carbocycles. The molecule has 1 amide bonds. The number of thiazole rings is 1. The molecular formula is C15H14N4OS. The number of aryl methyl sites for hydroxylation is 1. The third kappa shape index (κ3) is 3.17. The summed E-state index contributed by atoms with van der Waals surface area (Å²) in [5.41, 5.74) is 8.90. The van der Waals surface area contributed by atoms with Crippen molar-refractivity contribution in [3.8, 4) is 0 Å². The molecule has 2 aromatic heterocycles. The van der Waals surface area contributed by atoms with Crippen molar-refractivity contribution in [3.63, 3.8) is 0 Å². The molecule has 0 bridgehead atoms. The van der Waals surface area contributed by atoms with Crippen LogP contribution in [0.4, 0.5) is 10.8 Å². The number of nitrogen functional groups attached to an aromatic ring is 1. The number of fused-ring (bicyclic) bond motifs is 1. The third-order valence-corrected chi connectivity index (χ3v) is 3.91. The van der Waals surface area contributed by atoms with E-state index in [0.29, 0.717) is 16.5 Å². The standard InChI is InChI=1S/C15H14N4OS/c1-9-2-5-12-13(6-9)21-15(18-12)19-14(20)7-11-4-3-10(16)8-17-11/h2-6,8H,7,16H2,1H3,(H,18,19,20). The maximum atomic E-state index is 12.0. The predicted molar refractivity (Wildman–Crippen MR) is 85.3 cm³/mol. The number of pyridine rings is 1. The maximum Gasteiger partial charge on any atom is 0.232 e. The van der Waals surface area contributed by atoms with Gasteiger partial charge in [0.05, 0.1) is 28.5 Å². The molecule has 5 nitrogen and oxygen atoms in total. The monoisotopic (exact) mass is 298 g/mol. The molecule has 21 heavy (non-hydrogen) atoms. The number of carbonyl (C=O) groups is 1. The van der Waals surface area contributed by atoms with Gasteiger partial charge in [-0.05, 0) is 36.8 Å². The lowest BCUT2D eigenvalue weighted by molar-refractivity contribution is -0.115. The number of amides is 1. The Bertz CT molecular complexity index is 795. The van der Waals surface area contributed by atoms with Crippen molar-refractivity contribution in [1.82, 2.24) is 9.97 Å². The second-order valence-corrected chi connectivity index (χ2v) is 5.83. The Morgan fingerprint density at radius 2 is 2.19 bits per heavy atom. The van der Waals surface area contributed by atoms with Gasteiger partial charge in [-0.15, -0.1) is 0 Å². The van der Waals surface area contributed by atoms with Crippen molar-refractivity contribution < 1.29 is 4.79 Å². The van der Waals surface area contributed by atoms with E-state index in [1.807, 2.05) is 19.1 Å². The van der Waals surface area contributed by atoms with Crippen LogP contribution in [0.1, 0.15) is 11.3 Å². The summed E-state index contributed by atoms with van der Waals surface area (Å²) in [6.07, 6.45) is 1.75. The van der Waals surface area contributed by atoms with Crippen molar-refractivity contribution in [1.29, 1.82) is 0 Å². The topological polar surface area (TPSA) is 80.9 Å². The van der Waals surface area contributed by atoms with E-state index in [0.717, 1.165) is 10.2 Å². The first kappa shape index (κ1) is 13.5. The lowest BCUT2D eigenvalue weighted by Crippen LogP contribution is -2.14. The van der Waals surface area contributed by atoms with E-state index < -0.39 is 0 Å². The molecule has 0 fully saturated rings. The Morgan fingerprint density at radius 1 is 1.33 bits per heavy atom. The zero-order valence-electron chi connectivity index (χ0n) is 11.5. The molecule has 2 heterocycles. The molecule has 3 rings (SSSR count). The summed E-state index contributed by atoms with van der Waals surface area (Å²) >= 11 is 1.47. The first-order valence-corrected chi connectivity index (χ1v) is 7.29. The SMILES string of the molecule is Cc1ccc2nc(NC(=O)Cc3ccc(N)cn3)sc2c1. The molecule has 3 N–H and O–H groups in total. The van der Waals surface area contributed by atoms with E-state index in [1.165, 1.54) is 16.9 Å². The number of rotatable bonds is 3. The molecule has 0 radical (unpaired) electrons. The number of aromatic nitrogens is 2. The highest BCUT2D eigenvalue weighted by molar-refractivity contribution is 7.22. The lowest BCUT2D eigenvalue weighted by Gasteiger charge is -2.01.